The molecule has 6 rings (SSSR count). The molecule has 1 unspecified atom stereocenters. The van der Waals surface area contributed by atoms with E-state index >= 15 is 0 Å². The number of nitrogens with one attached hydrogen (secondary N) is 1. The Kier molecular flexibility index (Phi) is 3.59. The topological polar surface area (TPSA) is 52.7 Å². The number of benzene rings is 1. The third-order valence-corrected chi connectivity index (χ3v) is 6.68. The molecule has 0 aromatic heterocycles. The van der Waals surface area contributed by atoms with E-state index in [1.807, 2.05) is 35.2 Å². The molecule has 2 bridgehead atoms. The molecular formula is C20H25N3O2. The molecule has 1 N–H and O–H groups in total. The van der Waals surface area contributed by atoms with Gasteiger partial charge >= 0.3 is 0 Å². The molecule has 25 heavy (non-hydrogen) atoms. The van der Waals surface area contributed by atoms with Crippen molar-refractivity contribution in [3.63, 3.8) is 0 Å². The summed E-state index contributed by atoms with van der Waals surface area (Å²) in [6.45, 7) is 4.32. The van der Waals surface area contributed by atoms with E-state index in [9.17, 15) is 9.59 Å². The average molecular weight is 339 g/mol. The number of fused-ring (bicyclic) bond motifs is 5. The van der Waals surface area contributed by atoms with Crippen LogP contribution in [0.3, 0.4) is 0 Å². The Balaban J connectivity index is 1.32. The van der Waals surface area contributed by atoms with Crippen molar-refractivity contribution in [3.05, 3.63) is 35.9 Å². The van der Waals surface area contributed by atoms with Crippen LogP contribution >= 0.6 is 0 Å². The van der Waals surface area contributed by atoms with Gasteiger partial charge in [-0.1, -0.05) is 18.2 Å². The lowest BCUT2D eigenvalue weighted by atomic mass is 9.94. The summed E-state index contributed by atoms with van der Waals surface area (Å²) in [6.07, 6.45) is 2.17. The van der Waals surface area contributed by atoms with Crippen molar-refractivity contribution in [1.29, 1.82) is 0 Å². The summed E-state index contributed by atoms with van der Waals surface area (Å²) in [5.41, 5.74) is 0.754. The first-order valence-corrected chi connectivity index (χ1v) is 9.58. The van der Waals surface area contributed by atoms with E-state index in [0.717, 1.165) is 44.6 Å². The van der Waals surface area contributed by atoms with Gasteiger partial charge in [0, 0.05) is 37.2 Å². The predicted molar refractivity (Wildman–Crippen MR) is 93.9 cm³/mol. The van der Waals surface area contributed by atoms with Crippen LogP contribution in [0.2, 0.25) is 0 Å². The van der Waals surface area contributed by atoms with E-state index in [1.165, 1.54) is 0 Å². The fourth-order valence-electron chi connectivity index (χ4n) is 5.26. The number of amides is 2. The zero-order chi connectivity index (χ0) is 17.0. The smallest absolute Gasteiger partial charge is 0.253 e. The second-order valence-corrected chi connectivity index (χ2v) is 8.18. The van der Waals surface area contributed by atoms with Crippen molar-refractivity contribution >= 4 is 11.8 Å². The SMILES string of the molecule is O=C(c1ccccc1)N1C[C@H]2CC[C@@H](C1)N(C(=O)C1[C@H]3CNC[C@@H]13)C2. The number of nitrogens with zero attached hydrogens (tertiary/aromatic N) is 2. The maximum absolute atomic E-state index is 13.1. The normalized spacial score (nSPS) is 36.1. The fourth-order valence-corrected chi connectivity index (χ4v) is 5.26. The molecule has 5 nitrogen and oxygen atoms in total. The van der Waals surface area contributed by atoms with E-state index in [2.05, 4.69) is 10.2 Å². The molecule has 1 aromatic rings. The number of carbonyl (C=O) groups is 2. The van der Waals surface area contributed by atoms with E-state index in [-0.39, 0.29) is 17.9 Å². The van der Waals surface area contributed by atoms with E-state index in [0.29, 0.717) is 30.2 Å². The lowest BCUT2D eigenvalue weighted by molar-refractivity contribution is -0.137. The largest absolute Gasteiger partial charge is 0.337 e. The summed E-state index contributed by atoms with van der Waals surface area (Å²) in [6, 6.07) is 9.73. The third-order valence-electron chi connectivity index (χ3n) is 6.68. The van der Waals surface area contributed by atoms with Crippen LogP contribution in [-0.4, -0.2) is 60.4 Å². The van der Waals surface area contributed by atoms with Gasteiger partial charge in [-0.15, -0.1) is 0 Å². The van der Waals surface area contributed by atoms with Gasteiger partial charge in [-0.3, -0.25) is 9.59 Å². The summed E-state index contributed by atoms with van der Waals surface area (Å²) < 4.78 is 0. The van der Waals surface area contributed by atoms with Crippen LogP contribution in [-0.2, 0) is 4.79 Å². The minimum absolute atomic E-state index is 0.110. The van der Waals surface area contributed by atoms with E-state index in [4.69, 9.17) is 0 Å². The van der Waals surface area contributed by atoms with Crippen molar-refractivity contribution < 1.29 is 9.59 Å². The maximum Gasteiger partial charge on any atom is 0.253 e. The highest BCUT2D eigenvalue weighted by Crippen LogP contribution is 2.50. The van der Waals surface area contributed by atoms with Gasteiger partial charge in [0.15, 0.2) is 0 Å². The van der Waals surface area contributed by atoms with Crippen LogP contribution in [0.25, 0.3) is 0 Å². The second-order valence-electron chi connectivity index (χ2n) is 8.18. The molecule has 0 radical (unpaired) electrons. The minimum atomic E-state index is 0.110. The molecule has 4 saturated heterocycles. The number of carbonyl (C=O) groups excluding carboxylic acids is 2. The fraction of sp³-hybridized carbons (Fsp3) is 0.600. The Morgan fingerprint density at radius 1 is 0.960 bits per heavy atom. The highest BCUT2D eigenvalue weighted by Gasteiger charge is 2.59. The van der Waals surface area contributed by atoms with Crippen molar-refractivity contribution in [2.45, 2.75) is 18.9 Å². The number of piperidine rings is 2. The zero-order valence-corrected chi connectivity index (χ0v) is 14.4. The van der Waals surface area contributed by atoms with Gasteiger partial charge in [0.25, 0.3) is 5.91 Å². The van der Waals surface area contributed by atoms with Crippen LogP contribution in [0.5, 0.6) is 0 Å². The summed E-state index contributed by atoms with van der Waals surface area (Å²) in [5.74, 6) is 2.28. The first kappa shape index (κ1) is 15.4. The highest BCUT2D eigenvalue weighted by atomic mass is 16.2. The number of hydrogen-bond acceptors (Lipinski definition) is 3. The average Bonchev–Trinajstić information content (AvgIpc) is 3.28. The van der Waals surface area contributed by atoms with Gasteiger partial charge < -0.3 is 15.1 Å². The van der Waals surface area contributed by atoms with Crippen molar-refractivity contribution in [3.8, 4) is 0 Å². The Morgan fingerprint density at radius 3 is 2.48 bits per heavy atom. The van der Waals surface area contributed by atoms with Gasteiger partial charge in [0.1, 0.15) is 0 Å². The van der Waals surface area contributed by atoms with E-state index in [1.54, 1.807) is 0 Å². The quantitative estimate of drug-likeness (QED) is 0.881. The van der Waals surface area contributed by atoms with Crippen LogP contribution in [0.1, 0.15) is 23.2 Å². The van der Waals surface area contributed by atoms with Gasteiger partial charge in [-0.25, -0.2) is 0 Å². The molecule has 0 spiro atoms. The Bertz CT molecular complexity index is 681. The van der Waals surface area contributed by atoms with Gasteiger partial charge in [0.2, 0.25) is 5.91 Å². The van der Waals surface area contributed by atoms with E-state index < -0.39 is 0 Å². The Labute approximate surface area is 148 Å². The standard InChI is InChI=1S/C20H25N3O2/c24-19(14-4-2-1-3-5-14)22-10-13-6-7-15(12-22)23(11-13)20(25)18-16-8-21-9-17(16)18/h1-5,13,15-18,21H,6-12H2/t13-,15+,16-,17+,18?/m1/s1. The van der Waals surface area contributed by atoms with Crippen LogP contribution in [0, 0.1) is 23.7 Å². The molecule has 5 fully saturated rings. The Morgan fingerprint density at radius 2 is 1.72 bits per heavy atom. The third kappa shape index (κ3) is 2.56. The van der Waals surface area contributed by atoms with Crippen molar-refractivity contribution in [2.75, 3.05) is 32.7 Å². The summed E-state index contributed by atoms with van der Waals surface area (Å²) in [4.78, 5) is 30.0. The molecule has 5 aliphatic rings. The van der Waals surface area contributed by atoms with Crippen molar-refractivity contribution in [1.82, 2.24) is 15.1 Å². The predicted octanol–water partition coefficient (Wildman–Crippen LogP) is 1.21. The molecule has 5 heteroatoms. The first-order valence-electron chi connectivity index (χ1n) is 9.58. The molecule has 1 aromatic carbocycles. The molecule has 132 valence electrons. The number of hydrogen-bond donors (Lipinski definition) is 1. The minimum Gasteiger partial charge on any atom is -0.337 e. The molecular weight excluding hydrogens is 314 g/mol. The maximum atomic E-state index is 13.1. The van der Waals surface area contributed by atoms with Crippen LogP contribution in [0.15, 0.2) is 30.3 Å². The molecule has 4 aliphatic heterocycles. The van der Waals surface area contributed by atoms with Crippen LogP contribution in [0.4, 0.5) is 0 Å². The molecule has 1 saturated carbocycles. The lowest BCUT2D eigenvalue weighted by Crippen LogP contribution is -2.49. The zero-order valence-electron chi connectivity index (χ0n) is 14.4. The first-order chi connectivity index (χ1) is 12.2. The Hall–Kier alpha value is -1.88. The summed E-state index contributed by atoms with van der Waals surface area (Å²) in [7, 11) is 0. The molecule has 5 atom stereocenters. The summed E-state index contributed by atoms with van der Waals surface area (Å²) >= 11 is 0. The molecule has 4 heterocycles. The van der Waals surface area contributed by atoms with Crippen LogP contribution < -0.4 is 5.32 Å². The molecule has 1 aliphatic carbocycles. The molecule has 2 amide bonds. The number of rotatable bonds is 2. The monoisotopic (exact) mass is 339 g/mol. The van der Waals surface area contributed by atoms with Gasteiger partial charge in [-0.2, -0.15) is 0 Å². The second kappa shape index (κ2) is 5.84. The highest BCUT2D eigenvalue weighted by molar-refractivity contribution is 5.94. The van der Waals surface area contributed by atoms with Gasteiger partial charge in [0.05, 0.1) is 0 Å². The van der Waals surface area contributed by atoms with Gasteiger partial charge in [-0.05, 0) is 55.8 Å². The van der Waals surface area contributed by atoms with Crippen molar-refractivity contribution in [2.24, 2.45) is 23.7 Å². The lowest BCUT2D eigenvalue weighted by Gasteiger charge is -2.36. The summed E-state index contributed by atoms with van der Waals surface area (Å²) in [5, 5.41) is 3.37.